The first-order valence-corrected chi connectivity index (χ1v) is 6.98. The highest BCUT2D eigenvalue weighted by atomic mass is 19.1. The van der Waals surface area contributed by atoms with E-state index < -0.39 is 5.79 Å². The maximum atomic E-state index is 13.1. The number of benzene rings is 1. The molecule has 1 aliphatic carbocycles. The van der Waals surface area contributed by atoms with Gasteiger partial charge in [0, 0.05) is 18.4 Å². The van der Waals surface area contributed by atoms with Crippen molar-refractivity contribution in [2.24, 2.45) is 0 Å². The van der Waals surface area contributed by atoms with Gasteiger partial charge in [-0.25, -0.2) is 9.18 Å². The predicted octanol–water partition coefficient (Wildman–Crippen LogP) is 2.68. The summed E-state index contributed by atoms with van der Waals surface area (Å²) in [6, 6.07) is 6.15. The van der Waals surface area contributed by atoms with Gasteiger partial charge in [-0.05, 0) is 29.7 Å². The molecule has 1 aromatic carbocycles. The van der Waals surface area contributed by atoms with Crippen molar-refractivity contribution in [1.29, 1.82) is 0 Å². The van der Waals surface area contributed by atoms with Gasteiger partial charge in [-0.15, -0.1) is 0 Å². The Hall–Kier alpha value is -1.72. The smallest absolute Gasteiger partial charge is 0.334 e. The molecule has 5 heteroatoms. The van der Waals surface area contributed by atoms with E-state index in [4.69, 9.17) is 14.2 Å². The molecule has 1 heterocycles. The Balaban J connectivity index is 1.99. The molecule has 0 N–H and O–H groups in total. The number of carbonyl (C=O) groups excluding carboxylic acids is 1. The van der Waals surface area contributed by atoms with Crippen LogP contribution in [0.25, 0.3) is 5.57 Å². The SMILES string of the molecule is COC(=O)C1=C(c2ccc(F)cc2)CCC2(C1)OCCO2. The van der Waals surface area contributed by atoms with Crippen LogP contribution in [0, 0.1) is 5.82 Å². The molecule has 4 nitrogen and oxygen atoms in total. The number of hydrogen-bond donors (Lipinski definition) is 0. The molecule has 1 fully saturated rings. The molecule has 1 aliphatic heterocycles. The summed E-state index contributed by atoms with van der Waals surface area (Å²) in [5.74, 6) is -1.38. The Morgan fingerprint density at radius 2 is 1.90 bits per heavy atom. The number of carbonyl (C=O) groups is 1. The van der Waals surface area contributed by atoms with Gasteiger partial charge in [-0.3, -0.25) is 0 Å². The van der Waals surface area contributed by atoms with Crippen LogP contribution in [0.15, 0.2) is 29.8 Å². The molecule has 21 heavy (non-hydrogen) atoms. The lowest BCUT2D eigenvalue weighted by Gasteiger charge is -2.33. The summed E-state index contributed by atoms with van der Waals surface area (Å²) in [4.78, 5) is 12.1. The van der Waals surface area contributed by atoms with Gasteiger partial charge in [-0.2, -0.15) is 0 Å². The number of rotatable bonds is 2. The third-order valence-electron chi connectivity index (χ3n) is 4.00. The molecule has 0 atom stereocenters. The molecule has 0 bridgehead atoms. The highest BCUT2D eigenvalue weighted by Crippen LogP contribution is 2.42. The molecule has 1 spiro atoms. The minimum Gasteiger partial charge on any atom is -0.466 e. The van der Waals surface area contributed by atoms with Crippen molar-refractivity contribution in [2.75, 3.05) is 20.3 Å². The van der Waals surface area contributed by atoms with Gasteiger partial charge < -0.3 is 14.2 Å². The first-order valence-electron chi connectivity index (χ1n) is 6.98. The quantitative estimate of drug-likeness (QED) is 0.786. The molecule has 1 saturated heterocycles. The number of methoxy groups -OCH3 is 1. The average molecular weight is 292 g/mol. The van der Waals surface area contributed by atoms with Gasteiger partial charge in [0.25, 0.3) is 0 Å². The number of ether oxygens (including phenoxy) is 3. The third kappa shape index (κ3) is 2.71. The topological polar surface area (TPSA) is 44.8 Å². The number of hydrogen-bond acceptors (Lipinski definition) is 4. The summed E-state index contributed by atoms with van der Waals surface area (Å²) in [6.07, 6.45) is 1.68. The normalized spacial score (nSPS) is 20.9. The lowest BCUT2D eigenvalue weighted by Crippen LogP contribution is -2.35. The molecular formula is C16H17FO4. The maximum absolute atomic E-state index is 13.1. The molecule has 0 unspecified atom stereocenters. The standard InChI is InChI=1S/C16H17FO4/c1-19-15(18)14-10-16(20-8-9-21-16)7-6-13(14)11-2-4-12(17)5-3-11/h2-5H,6-10H2,1H3. The second kappa shape index (κ2) is 5.58. The fourth-order valence-electron chi connectivity index (χ4n) is 2.96. The highest BCUT2D eigenvalue weighted by Gasteiger charge is 2.42. The Bertz CT molecular complexity index is 570. The molecule has 112 valence electrons. The molecule has 0 amide bonds. The van der Waals surface area contributed by atoms with E-state index in [1.807, 2.05) is 0 Å². The minimum absolute atomic E-state index is 0.297. The van der Waals surface area contributed by atoms with E-state index in [-0.39, 0.29) is 11.8 Å². The summed E-state index contributed by atoms with van der Waals surface area (Å²) < 4.78 is 29.3. The van der Waals surface area contributed by atoms with Gasteiger partial charge in [-0.1, -0.05) is 12.1 Å². The first-order chi connectivity index (χ1) is 10.1. The van der Waals surface area contributed by atoms with E-state index in [2.05, 4.69) is 0 Å². The van der Waals surface area contributed by atoms with E-state index in [1.165, 1.54) is 19.2 Å². The van der Waals surface area contributed by atoms with Crippen LogP contribution in [0.3, 0.4) is 0 Å². The third-order valence-corrected chi connectivity index (χ3v) is 4.00. The maximum Gasteiger partial charge on any atom is 0.334 e. The first kappa shape index (κ1) is 14.2. The molecule has 1 aromatic rings. The summed E-state index contributed by atoms with van der Waals surface area (Å²) in [5.41, 5.74) is 2.27. The predicted molar refractivity (Wildman–Crippen MR) is 73.8 cm³/mol. The van der Waals surface area contributed by atoms with E-state index >= 15 is 0 Å². The molecule has 3 rings (SSSR count). The van der Waals surface area contributed by atoms with Gasteiger partial charge in [0.2, 0.25) is 0 Å². The average Bonchev–Trinajstić information content (AvgIpc) is 2.95. The highest BCUT2D eigenvalue weighted by molar-refractivity contribution is 5.98. The van der Waals surface area contributed by atoms with Gasteiger partial charge in [0.15, 0.2) is 5.79 Å². The zero-order valence-corrected chi connectivity index (χ0v) is 11.9. The Morgan fingerprint density at radius 1 is 1.24 bits per heavy atom. The molecule has 0 aromatic heterocycles. The van der Waals surface area contributed by atoms with Crippen LogP contribution in [0.2, 0.25) is 0 Å². The lowest BCUT2D eigenvalue weighted by molar-refractivity contribution is -0.166. The van der Waals surface area contributed by atoms with E-state index in [1.54, 1.807) is 12.1 Å². The molecule has 0 saturated carbocycles. The van der Waals surface area contributed by atoms with Crippen LogP contribution in [-0.2, 0) is 19.0 Å². The van der Waals surface area contributed by atoms with Gasteiger partial charge in [0.05, 0.1) is 20.3 Å². The summed E-state index contributed by atoms with van der Waals surface area (Å²) in [5, 5.41) is 0. The van der Waals surface area contributed by atoms with Crippen molar-refractivity contribution in [1.82, 2.24) is 0 Å². The Morgan fingerprint density at radius 3 is 2.52 bits per heavy atom. The number of allylic oxidation sites excluding steroid dienone is 1. The summed E-state index contributed by atoms with van der Waals surface area (Å²) in [6.45, 7) is 1.08. The summed E-state index contributed by atoms with van der Waals surface area (Å²) >= 11 is 0. The van der Waals surface area contributed by atoms with Crippen molar-refractivity contribution >= 4 is 11.5 Å². The zero-order chi connectivity index (χ0) is 14.9. The number of esters is 1. The van der Waals surface area contributed by atoms with E-state index in [0.717, 1.165) is 11.1 Å². The summed E-state index contributed by atoms with van der Waals surface area (Å²) in [7, 11) is 1.36. The monoisotopic (exact) mass is 292 g/mol. The van der Waals surface area contributed by atoms with Crippen molar-refractivity contribution < 1.29 is 23.4 Å². The largest absolute Gasteiger partial charge is 0.466 e. The fraction of sp³-hybridized carbons (Fsp3) is 0.438. The van der Waals surface area contributed by atoms with Crippen LogP contribution in [0.4, 0.5) is 4.39 Å². The second-order valence-corrected chi connectivity index (χ2v) is 5.24. The van der Waals surface area contributed by atoms with Gasteiger partial charge in [0.1, 0.15) is 5.82 Å². The van der Waals surface area contributed by atoms with Crippen molar-refractivity contribution in [3.05, 3.63) is 41.2 Å². The number of halogens is 1. The van der Waals surface area contributed by atoms with Crippen LogP contribution in [0.1, 0.15) is 24.8 Å². The molecular weight excluding hydrogens is 275 g/mol. The minimum atomic E-state index is -0.701. The Labute approximate surface area is 122 Å². The molecule has 0 radical (unpaired) electrons. The fourth-order valence-corrected chi connectivity index (χ4v) is 2.96. The second-order valence-electron chi connectivity index (χ2n) is 5.24. The van der Waals surface area contributed by atoms with Crippen LogP contribution in [0.5, 0.6) is 0 Å². The molecule has 2 aliphatic rings. The van der Waals surface area contributed by atoms with Crippen LogP contribution in [-0.4, -0.2) is 32.1 Å². The Kier molecular flexibility index (Phi) is 3.78. The van der Waals surface area contributed by atoms with E-state index in [0.29, 0.717) is 38.0 Å². The van der Waals surface area contributed by atoms with Gasteiger partial charge >= 0.3 is 5.97 Å². The van der Waals surface area contributed by atoms with Crippen LogP contribution >= 0.6 is 0 Å². The van der Waals surface area contributed by atoms with Crippen LogP contribution < -0.4 is 0 Å². The lowest BCUT2D eigenvalue weighted by atomic mass is 9.84. The van der Waals surface area contributed by atoms with Crippen molar-refractivity contribution in [3.8, 4) is 0 Å². The van der Waals surface area contributed by atoms with E-state index in [9.17, 15) is 9.18 Å². The van der Waals surface area contributed by atoms with Crippen molar-refractivity contribution in [2.45, 2.75) is 25.0 Å². The van der Waals surface area contributed by atoms with Crippen molar-refractivity contribution in [3.63, 3.8) is 0 Å². The zero-order valence-electron chi connectivity index (χ0n) is 11.9.